The van der Waals surface area contributed by atoms with Gasteiger partial charge < -0.3 is 9.13 Å². The molecule has 1 aliphatic heterocycles. The van der Waals surface area contributed by atoms with Crippen LogP contribution >= 0.6 is 0 Å². The number of para-hydroxylation sites is 6. The molecule has 3 aromatic heterocycles. The van der Waals surface area contributed by atoms with E-state index < -0.39 is 5.41 Å². The van der Waals surface area contributed by atoms with Crippen molar-refractivity contribution < 1.29 is 0 Å². The van der Waals surface area contributed by atoms with Gasteiger partial charge in [0.05, 0.1) is 38.8 Å². The van der Waals surface area contributed by atoms with Gasteiger partial charge in [-0.15, -0.1) is 0 Å². The number of rotatable bonds is 3. The maximum Gasteiger partial charge on any atom is 0.134 e. The molecule has 0 saturated heterocycles. The van der Waals surface area contributed by atoms with Gasteiger partial charge in [0.2, 0.25) is 0 Å². The minimum absolute atomic E-state index is 0.564. The molecule has 4 nitrogen and oxygen atoms in total. The van der Waals surface area contributed by atoms with E-state index in [1.54, 1.807) is 0 Å². The fourth-order valence-corrected chi connectivity index (χ4v) is 11.0. The summed E-state index contributed by atoms with van der Waals surface area (Å²) in [5.41, 5.74) is 18.7. The van der Waals surface area contributed by atoms with Crippen molar-refractivity contribution in [1.29, 1.82) is 0 Å². The maximum absolute atomic E-state index is 5.48. The van der Waals surface area contributed by atoms with Crippen molar-refractivity contribution in [2.45, 2.75) is 5.41 Å². The van der Waals surface area contributed by atoms with Crippen molar-refractivity contribution in [3.8, 4) is 39.3 Å². The van der Waals surface area contributed by atoms with Crippen LogP contribution in [0.1, 0.15) is 22.5 Å². The highest BCUT2D eigenvalue weighted by Gasteiger charge is 2.54. The minimum atomic E-state index is -0.564. The van der Waals surface area contributed by atoms with Crippen molar-refractivity contribution in [3.05, 3.63) is 229 Å². The zero-order valence-electron chi connectivity index (χ0n) is 32.4. The van der Waals surface area contributed by atoms with Gasteiger partial charge in [0, 0.05) is 32.9 Å². The molecule has 0 N–H and O–H groups in total. The van der Waals surface area contributed by atoms with Gasteiger partial charge in [0.25, 0.3) is 0 Å². The lowest BCUT2D eigenvalue weighted by molar-refractivity contribution is 0.737. The van der Waals surface area contributed by atoms with Crippen molar-refractivity contribution in [3.63, 3.8) is 0 Å². The molecule has 60 heavy (non-hydrogen) atoms. The Labute approximate surface area is 345 Å². The smallest absolute Gasteiger partial charge is 0.134 e. The van der Waals surface area contributed by atoms with Crippen LogP contribution in [0.25, 0.3) is 94.0 Å². The Balaban J connectivity index is 0.982. The standard InChI is InChI=1S/C56H34N4/c1-2-14-37(15-3-1)58-49-22-10-5-17-41(49)43-32-35(26-30-51(43)58)36-27-31-52-44(33-36)42-18-6-11-23-50(42)59(52)38-28-29-40-39-16-4-7-19-45(39)56(47(40)34-38)46-20-8-12-24-53(46)60-54-25-13-9-21-48(54)57-55(56)60/h1-34H. The average Bonchev–Trinajstić information content (AvgIpc) is 4.09. The summed E-state index contributed by atoms with van der Waals surface area (Å²) < 4.78 is 7.25. The zero-order chi connectivity index (χ0) is 39.1. The fraction of sp³-hybridized carbons (Fsp3) is 0.0179. The fourth-order valence-electron chi connectivity index (χ4n) is 11.0. The van der Waals surface area contributed by atoms with Gasteiger partial charge in [0.15, 0.2) is 0 Å². The van der Waals surface area contributed by atoms with Crippen LogP contribution in [0.5, 0.6) is 0 Å². The zero-order valence-corrected chi connectivity index (χ0v) is 32.4. The monoisotopic (exact) mass is 762 g/mol. The second kappa shape index (κ2) is 11.6. The summed E-state index contributed by atoms with van der Waals surface area (Å²) in [6.07, 6.45) is 0. The summed E-state index contributed by atoms with van der Waals surface area (Å²) in [4.78, 5) is 5.48. The van der Waals surface area contributed by atoms with Gasteiger partial charge in [-0.25, -0.2) is 4.98 Å². The average molecular weight is 763 g/mol. The van der Waals surface area contributed by atoms with Crippen LogP contribution in [0.2, 0.25) is 0 Å². The molecule has 1 spiro atoms. The molecular formula is C56H34N4. The van der Waals surface area contributed by atoms with Crippen molar-refractivity contribution in [2.75, 3.05) is 0 Å². The molecule has 4 heterocycles. The third-order valence-corrected chi connectivity index (χ3v) is 13.4. The Bertz CT molecular complexity index is 3790. The van der Waals surface area contributed by atoms with E-state index in [2.05, 4.69) is 220 Å². The molecule has 12 aromatic rings. The van der Waals surface area contributed by atoms with Gasteiger partial charge in [-0.05, 0) is 118 Å². The third-order valence-electron chi connectivity index (χ3n) is 13.4. The Morgan fingerprint density at radius 2 is 0.883 bits per heavy atom. The number of hydrogen-bond acceptors (Lipinski definition) is 1. The molecule has 0 fully saturated rings. The second-order valence-corrected chi connectivity index (χ2v) is 16.3. The summed E-state index contributed by atoms with van der Waals surface area (Å²) in [6, 6.07) is 75.8. The molecule has 14 rings (SSSR count). The third kappa shape index (κ3) is 3.97. The Morgan fingerprint density at radius 1 is 0.333 bits per heavy atom. The second-order valence-electron chi connectivity index (χ2n) is 16.3. The van der Waals surface area contributed by atoms with Crippen LogP contribution in [0, 0.1) is 0 Å². The first-order chi connectivity index (χ1) is 29.8. The van der Waals surface area contributed by atoms with Crippen molar-refractivity contribution in [2.24, 2.45) is 0 Å². The maximum atomic E-state index is 5.48. The van der Waals surface area contributed by atoms with Gasteiger partial charge in [-0.1, -0.05) is 127 Å². The highest BCUT2D eigenvalue weighted by molar-refractivity contribution is 6.13. The lowest BCUT2D eigenvalue weighted by Crippen LogP contribution is -2.27. The molecule has 0 bridgehead atoms. The van der Waals surface area contributed by atoms with Crippen LogP contribution in [-0.2, 0) is 5.41 Å². The number of nitrogens with zero attached hydrogens (tertiary/aromatic N) is 4. The molecular weight excluding hydrogens is 729 g/mol. The van der Waals surface area contributed by atoms with Crippen LogP contribution in [0.3, 0.4) is 0 Å². The molecule has 278 valence electrons. The van der Waals surface area contributed by atoms with E-state index in [4.69, 9.17) is 4.98 Å². The Hall–Kier alpha value is -7.95. The Morgan fingerprint density at radius 3 is 1.62 bits per heavy atom. The van der Waals surface area contributed by atoms with Gasteiger partial charge >= 0.3 is 0 Å². The van der Waals surface area contributed by atoms with E-state index >= 15 is 0 Å². The van der Waals surface area contributed by atoms with Crippen LogP contribution < -0.4 is 0 Å². The molecule has 1 aliphatic carbocycles. The minimum Gasteiger partial charge on any atom is -0.309 e. The van der Waals surface area contributed by atoms with Crippen LogP contribution in [0.15, 0.2) is 206 Å². The summed E-state index contributed by atoms with van der Waals surface area (Å²) in [5.74, 6) is 1.06. The van der Waals surface area contributed by atoms with E-state index in [1.165, 1.54) is 93.9 Å². The number of benzene rings is 9. The van der Waals surface area contributed by atoms with Crippen molar-refractivity contribution in [1.82, 2.24) is 18.7 Å². The van der Waals surface area contributed by atoms with Gasteiger partial charge in [-0.3, -0.25) is 4.57 Å². The first-order valence-electron chi connectivity index (χ1n) is 20.7. The van der Waals surface area contributed by atoms with E-state index in [0.29, 0.717) is 0 Å². The predicted octanol–water partition coefficient (Wildman–Crippen LogP) is 13.6. The lowest BCUT2D eigenvalue weighted by Gasteiger charge is -2.27. The number of fused-ring (bicyclic) bond motifs is 18. The van der Waals surface area contributed by atoms with Gasteiger partial charge in [-0.2, -0.15) is 0 Å². The SMILES string of the molecule is c1ccc(-n2c3ccccc3c3cc(-c4ccc5c(c4)c4ccccc4n5-c4ccc5c(c4)C4(c6ccccc6-5)c5ccccc5-n5c4nc4ccccc45)ccc32)cc1. The van der Waals surface area contributed by atoms with Gasteiger partial charge in [0.1, 0.15) is 11.2 Å². The van der Waals surface area contributed by atoms with E-state index in [9.17, 15) is 0 Å². The highest BCUT2D eigenvalue weighted by Crippen LogP contribution is 2.60. The lowest BCUT2D eigenvalue weighted by atomic mass is 9.73. The molecule has 4 heteroatoms. The number of imidazole rings is 1. The molecule has 0 radical (unpaired) electrons. The number of aromatic nitrogens is 4. The highest BCUT2D eigenvalue weighted by atomic mass is 15.1. The molecule has 2 aliphatic rings. The first-order valence-corrected chi connectivity index (χ1v) is 20.7. The van der Waals surface area contributed by atoms with E-state index in [1.807, 2.05) is 0 Å². The molecule has 1 atom stereocenters. The normalized spacial score (nSPS) is 15.1. The van der Waals surface area contributed by atoms with Crippen LogP contribution in [-0.4, -0.2) is 18.7 Å². The van der Waals surface area contributed by atoms with Crippen molar-refractivity contribution >= 4 is 54.6 Å². The topological polar surface area (TPSA) is 27.7 Å². The predicted molar refractivity (Wildman–Crippen MR) is 246 cm³/mol. The quantitative estimate of drug-likeness (QED) is 0.176. The first kappa shape index (κ1) is 32.1. The molecule has 0 saturated carbocycles. The van der Waals surface area contributed by atoms with E-state index in [0.717, 1.165) is 22.5 Å². The molecule has 1 unspecified atom stereocenters. The summed E-state index contributed by atoms with van der Waals surface area (Å²) >= 11 is 0. The summed E-state index contributed by atoms with van der Waals surface area (Å²) in [5, 5.41) is 4.99. The van der Waals surface area contributed by atoms with E-state index in [-0.39, 0.29) is 0 Å². The summed E-state index contributed by atoms with van der Waals surface area (Å²) in [7, 11) is 0. The number of hydrogen-bond donors (Lipinski definition) is 0. The molecule has 0 amide bonds. The Kier molecular flexibility index (Phi) is 6.19. The summed E-state index contributed by atoms with van der Waals surface area (Å²) in [6.45, 7) is 0. The largest absolute Gasteiger partial charge is 0.309 e. The van der Waals surface area contributed by atoms with Crippen LogP contribution in [0.4, 0.5) is 0 Å². The molecule has 9 aromatic carbocycles.